The van der Waals surface area contributed by atoms with E-state index >= 15 is 0 Å². The van der Waals surface area contributed by atoms with Gasteiger partial charge >= 0.3 is 0 Å². The molecular weight excluding hydrogens is 338 g/mol. The Kier molecular flexibility index (Phi) is 4.88. The number of ketones is 1. The van der Waals surface area contributed by atoms with Crippen molar-refractivity contribution < 1.29 is 18.8 Å². The van der Waals surface area contributed by atoms with Gasteiger partial charge in [-0.15, -0.1) is 0 Å². The molecule has 3 N–H and O–H groups in total. The van der Waals surface area contributed by atoms with Crippen LogP contribution in [0.3, 0.4) is 0 Å². The van der Waals surface area contributed by atoms with Crippen LogP contribution in [0.1, 0.15) is 16.1 Å². The number of carbonyl (C=O) groups is 3. The molecule has 0 fully saturated rings. The molecule has 0 bridgehead atoms. The van der Waals surface area contributed by atoms with E-state index in [1.807, 2.05) is 0 Å². The molecule has 3 aromatic rings. The van der Waals surface area contributed by atoms with E-state index < -0.39 is 23.6 Å². The average Bonchev–Trinajstić information content (AvgIpc) is 3.32. The highest BCUT2D eigenvalue weighted by molar-refractivity contribution is 6.38. The number of nitrogens with zero attached hydrogens (tertiary/aromatic N) is 3. The van der Waals surface area contributed by atoms with Crippen molar-refractivity contribution in [2.75, 3.05) is 0 Å². The number of hydrogen-bond acceptors (Lipinski definition) is 6. The number of nitrogens with two attached hydrogens (primary N) is 1. The van der Waals surface area contributed by atoms with Gasteiger partial charge < -0.3 is 15.5 Å². The second-order valence-electron chi connectivity index (χ2n) is 5.44. The summed E-state index contributed by atoms with van der Waals surface area (Å²) < 4.78 is 6.49. The fourth-order valence-electron chi connectivity index (χ4n) is 2.43. The zero-order valence-corrected chi connectivity index (χ0v) is 13.5. The molecule has 3 aromatic heterocycles. The molecule has 3 rings (SSSR count). The number of hydrogen-bond donors (Lipinski definition) is 2. The molecule has 0 saturated heterocycles. The summed E-state index contributed by atoms with van der Waals surface area (Å²) in [5.74, 6) is -2.58. The van der Waals surface area contributed by atoms with Gasteiger partial charge in [-0.2, -0.15) is 0 Å². The normalized spacial score (nSPS) is 11.7. The Labute approximate surface area is 147 Å². The van der Waals surface area contributed by atoms with E-state index in [1.165, 1.54) is 25.1 Å². The molecule has 132 valence electrons. The van der Waals surface area contributed by atoms with Gasteiger partial charge in [-0.25, -0.2) is 4.98 Å². The van der Waals surface area contributed by atoms with E-state index in [0.29, 0.717) is 11.3 Å². The Bertz CT molecular complexity index is 918. The summed E-state index contributed by atoms with van der Waals surface area (Å²) in [7, 11) is 0. The highest BCUT2D eigenvalue weighted by Crippen LogP contribution is 2.11. The topological polar surface area (TPSA) is 133 Å². The van der Waals surface area contributed by atoms with Gasteiger partial charge in [-0.05, 0) is 23.8 Å². The van der Waals surface area contributed by atoms with Gasteiger partial charge in [0.1, 0.15) is 11.7 Å². The van der Waals surface area contributed by atoms with Crippen LogP contribution in [0.25, 0.3) is 5.69 Å². The molecule has 0 aromatic carbocycles. The summed E-state index contributed by atoms with van der Waals surface area (Å²) in [5.41, 5.74) is 6.62. The zero-order chi connectivity index (χ0) is 18.5. The van der Waals surface area contributed by atoms with Crippen molar-refractivity contribution in [3.05, 3.63) is 66.9 Å². The van der Waals surface area contributed by atoms with Crippen molar-refractivity contribution in [1.29, 1.82) is 0 Å². The van der Waals surface area contributed by atoms with Crippen molar-refractivity contribution in [1.82, 2.24) is 19.9 Å². The fourth-order valence-corrected chi connectivity index (χ4v) is 2.43. The van der Waals surface area contributed by atoms with Gasteiger partial charge in [0.05, 0.1) is 30.7 Å². The molecule has 9 nitrogen and oxygen atoms in total. The second-order valence-corrected chi connectivity index (χ2v) is 5.44. The third-order valence-corrected chi connectivity index (χ3v) is 3.70. The quantitative estimate of drug-likeness (QED) is 0.585. The number of pyridine rings is 1. The maximum atomic E-state index is 12.7. The number of primary amides is 1. The van der Waals surface area contributed by atoms with Crippen molar-refractivity contribution in [2.24, 2.45) is 5.73 Å². The summed E-state index contributed by atoms with van der Waals surface area (Å²) in [6.45, 7) is 0. The lowest BCUT2D eigenvalue weighted by Crippen LogP contribution is -2.47. The SMILES string of the molecule is NC(=O)C(=O)C(Cc1ccoc1)NC(=O)c1cncn1-c1ccncc1. The number of nitrogens with one attached hydrogen (secondary N) is 1. The maximum absolute atomic E-state index is 12.7. The predicted molar refractivity (Wildman–Crippen MR) is 89.2 cm³/mol. The summed E-state index contributed by atoms with van der Waals surface area (Å²) in [5, 5.41) is 2.54. The molecule has 9 heteroatoms. The third-order valence-electron chi connectivity index (χ3n) is 3.70. The maximum Gasteiger partial charge on any atom is 0.287 e. The number of Topliss-reactive ketones (excluding diaryl/α,β-unsaturated/α-hetero) is 1. The van der Waals surface area contributed by atoms with Crippen LogP contribution >= 0.6 is 0 Å². The van der Waals surface area contributed by atoms with Gasteiger partial charge in [0, 0.05) is 18.8 Å². The van der Waals surface area contributed by atoms with Gasteiger partial charge in [0.25, 0.3) is 11.8 Å². The molecule has 0 radical (unpaired) electrons. The standard InChI is InChI=1S/C17H15N5O4/c18-16(24)15(23)13(7-11-3-6-26-9-11)21-17(25)14-8-20-10-22(14)12-1-4-19-5-2-12/h1-6,8-10,13H,7H2,(H2,18,24)(H,21,25). The lowest BCUT2D eigenvalue weighted by molar-refractivity contribution is -0.137. The minimum atomic E-state index is -1.12. The van der Waals surface area contributed by atoms with E-state index in [-0.39, 0.29) is 12.1 Å². The average molecular weight is 353 g/mol. The highest BCUT2D eigenvalue weighted by Gasteiger charge is 2.27. The molecule has 0 aliphatic heterocycles. The predicted octanol–water partition coefficient (Wildman–Crippen LogP) is 0.256. The zero-order valence-electron chi connectivity index (χ0n) is 13.5. The van der Waals surface area contributed by atoms with Crippen LogP contribution in [0.5, 0.6) is 0 Å². The van der Waals surface area contributed by atoms with E-state index in [0.717, 1.165) is 0 Å². The molecule has 1 unspecified atom stereocenters. The Balaban J connectivity index is 1.83. The number of carbonyl (C=O) groups excluding carboxylic acids is 3. The molecule has 0 spiro atoms. The summed E-state index contributed by atoms with van der Waals surface area (Å²) in [6, 6.07) is 3.93. The first-order valence-electron chi connectivity index (χ1n) is 7.64. The van der Waals surface area contributed by atoms with Crippen LogP contribution in [0.2, 0.25) is 0 Å². The van der Waals surface area contributed by atoms with Crippen molar-refractivity contribution in [3.8, 4) is 5.69 Å². The van der Waals surface area contributed by atoms with Crippen LogP contribution in [0.4, 0.5) is 0 Å². The molecule has 3 heterocycles. The first-order chi connectivity index (χ1) is 12.6. The Hall–Kier alpha value is -3.75. The van der Waals surface area contributed by atoms with Crippen LogP contribution in [-0.2, 0) is 16.0 Å². The summed E-state index contributed by atoms with van der Waals surface area (Å²) in [4.78, 5) is 43.9. The minimum Gasteiger partial charge on any atom is -0.472 e. The molecule has 26 heavy (non-hydrogen) atoms. The Morgan fingerprint density at radius 3 is 2.62 bits per heavy atom. The van der Waals surface area contributed by atoms with Gasteiger partial charge in [0.2, 0.25) is 5.78 Å². The van der Waals surface area contributed by atoms with Gasteiger partial charge in [0.15, 0.2) is 0 Å². The van der Waals surface area contributed by atoms with E-state index in [4.69, 9.17) is 10.2 Å². The molecule has 0 aliphatic rings. The molecule has 0 aliphatic carbocycles. The van der Waals surface area contributed by atoms with Gasteiger partial charge in [-0.1, -0.05) is 0 Å². The number of amides is 2. The van der Waals surface area contributed by atoms with Crippen LogP contribution in [0, 0.1) is 0 Å². The van der Waals surface area contributed by atoms with E-state index in [2.05, 4.69) is 15.3 Å². The van der Waals surface area contributed by atoms with Crippen molar-refractivity contribution in [3.63, 3.8) is 0 Å². The lowest BCUT2D eigenvalue weighted by atomic mass is 10.0. The first kappa shape index (κ1) is 17.1. The highest BCUT2D eigenvalue weighted by atomic mass is 16.3. The van der Waals surface area contributed by atoms with Gasteiger partial charge in [-0.3, -0.25) is 23.9 Å². The van der Waals surface area contributed by atoms with Crippen molar-refractivity contribution >= 4 is 17.6 Å². The monoisotopic (exact) mass is 353 g/mol. The Morgan fingerprint density at radius 1 is 1.19 bits per heavy atom. The lowest BCUT2D eigenvalue weighted by Gasteiger charge is -2.16. The fraction of sp³-hybridized carbons (Fsp3) is 0.118. The van der Waals surface area contributed by atoms with Crippen LogP contribution in [0.15, 0.2) is 60.1 Å². The van der Waals surface area contributed by atoms with Crippen LogP contribution in [-0.4, -0.2) is 38.2 Å². The first-order valence-corrected chi connectivity index (χ1v) is 7.64. The number of aromatic nitrogens is 3. The molecule has 2 amide bonds. The molecule has 1 atom stereocenters. The van der Waals surface area contributed by atoms with E-state index in [1.54, 1.807) is 35.2 Å². The minimum absolute atomic E-state index is 0.0768. The molecule has 0 saturated carbocycles. The third kappa shape index (κ3) is 3.66. The number of imidazole rings is 1. The molecular formula is C17H15N5O4. The summed E-state index contributed by atoms with van der Waals surface area (Å²) in [6.07, 6.45) is 8.92. The smallest absolute Gasteiger partial charge is 0.287 e. The van der Waals surface area contributed by atoms with Crippen LogP contribution < -0.4 is 11.1 Å². The largest absolute Gasteiger partial charge is 0.472 e. The Morgan fingerprint density at radius 2 is 1.96 bits per heavy atom. The second kappa shape index (κ2) is 7.43. The van der Waals surface area contributed by atoms with E-state index in [9.17, 15) is 14.4 Å². The summed E-state index contributed by atoms with van der Waals surface area (Å²) >= 11 is 0. The number of rotatable bonds is 7. The number of furan rings is 1. The van der Waals surface area contributed by atoms with Crippen molar-refractivity contribution in [2.45, 2.75) is 12.5 Å².